The fraction of sp³-hybridized carbons (Fsp3) is 0.350. The second-order valence-electron chi connectivity index (χ2n) is 7.03. The minimum atomic E-state index is -2.53. The molecule has 0 saturated carbocycles. The number of hydrogen-bond donors (Lipinski definition) is 0. The van der Waals surface area contributed by atoms with Crippen LogP contribution in [0, 0.1) is 5.82 Å². The van der Waals surface area contributed by atoms with Gasteiger partial charge in [0.1, 0.15) is 5.82 Å². The van der Waals surface area contributed by atoms with Gasteiger partial charge in [-0.1, -0.05) is 36.4 Å². The molecule has 0 radical (unpaired) electrons. The van der Waals surface area contributed by atoms with Crippen LogP contribution in [0.4, 0.5) is 9.18 Å². The highest BCUT2D eigenvalue weighted by molar-refractivity contribution is 7.61. The first-order valence-electron chi connectivity index (χ1n) is 8.98. The average molecular weight is 403 g/mol. The summed E-state index contributed by atoms with van der Waals surface area (Å²) in [5.74, 6) is -0.307. The Labute approximate surface area is 165 Å². The van der Waals surface area contributed by atoms with E-state index in [4.69, 9.17) is 0 Å². The summed E-state index contributed by atoms with van der Waals surface area (Å²) in [6, 6.07) is 13.0. The Balaban J connectivity index is 1.91. The van der Waals surface area contributed by atoms with Gasteiger partial charge >= 0.3 is 16.5 Å². The summed E-state index contributed by atoms with van der Waals surface area (Å²) < 4.78 is 39.6. The lowest BCUT2D eigenvalue weighted by Crippen LogP contribution is -2.45. The predicted octanol–water partition coefficient (Wildman–Crippen LogP) is 3.22. The van der Waals surface area contributed by atoms with Crippen molar-refractivity contribution in [3.05, 3.63) is 59.9 Å². The maximum Gasteiger partial charge on any atom is 0.319 e. The van der Waals surface area contributed by atoms with Gasteiger partial charge in [-0.2, -0.15) is 12.8 Å². The Hall–Kier alpha value is -2.74. The van der Waals surface area contributed by atoms with Gasteiger partial charge in [0.05, 0.1) is 12.1 Å². The van der Waals surface area contributed by atoms with Crippen molar-refractivity contribution < 1.29 is 17.6 Å². The molecular formula is C20H22FN3O3S. The highest BCUT2D eigenvalue weighted by Crippen LogP contribution is 2.27. The zero-order valence-corrected chi connectivity index (χ0v) is 16.6. The highest BCUT2D eigenvalue weighted by atomic mass is 32.2. The van der Waals surface area contributed by atoms with Gasteiger partial charge in [-0.15, -0.1) is 0 Å². The molecule has 1 fully saturated rings. The van der Waals surface area contributed by atoms with Gasteiger partial charge in [-0.05, 0) is 41.7 Å². The number of hydrogen-bond acceptors (Lipinski definition) is 4. The van der Waals surface area contributed by atoms with Crippen molar-refractivity contribution in [3.63, 3.8) is 0 Å². The fourth-order valence-electron chi connectivity index (χ4n) is 3.60. The summed E-state index contributed by atoms with van der Waals surface area (Å²) >= 11 is 0. The molecule has 0 aliphatic carbocycles. The normalized spacial score (nSPS) is 18.8. The molecule has 0 bridgehead atoms. The molecule has 2 atom stereocenters. The molecule has 1 aliphatic heterocycles. The Morgan fingerprint density at radius 2 is 1.86 bits per heavy atom. The van der Waals surface area contributed by atoms with E-state index in [1.807, 2.05) is 30.3 Å². The van der Waals surface area contributed by atoms with Crippen molar-refractivity contribution in [2.75, 3.05) is 20.6 Å². The lowest BCUT2D eigenvalue weighted by molar-refractivity contribution is 0.164. The van der Waals surface area contributed by atoms with Crippen molar-refractivity contribution in [2.24, 2.45) is 4.36 Å². The first-order chi connectivity index (χ1) is 13.3. The number of rotatable bonds is 4. The van der Waals surface area contributed by atoms with Crippen LogP contribution in [-0.4, -0.2) is 57.0 Å². The number of carbonyl (C=O) groups is 1. The van der Waals surface area contributed by atoms with E-state index in [0.717, 1.165) is 16.7 Å². The van der Waals surface area contributed by atoms with Gasteiger partial charge in [0.25, 0.3) is 0 Å². The summed E-state index contributed by atoms with van der Waals surface area (Å²) in [6.45, 7) is 0.455. The number of benzene rings is 2. The quantitative estimate of drug-likeness (QED) is 0.787. The Kier molecular flexibility index (Phi) is 6.08. The van der Waals surface area contributed by atoms with E-state index in [1.54, 1.807) is 25.1 Å². The maximum atomic E-state index is 13.5. The van der Waals surface area contributed by atoms with Crippen molar-refractivity contribution in [1.82, 2.24) is 9.80 Å². The summed E-state index contributed by atoms with van der Waals surface area (Å²) in [6.07, 6.45) is 0.968. The first-order valence-corrected chi connectivity index (χ1v) is 10.0. The van der Waals surface area contributed by atoms with Gasteiger partial charge in [0, 0.05) is 20.6 Å². The third kappa shape index (κ3) is 4.56. The van der Waals surface area contributed by atoms with Crippen LogP contribution in [0.1, 0.15) is 12.0 Å². The molecule has 28 heavy (non-hydrogen) atoms. The van der Waals surface area contributed by atoms with Crippen LogP contribution in [0.2, 0.25) is 0 Å². The van der Waals surface area contributed by atoms with E-state index in [1.165, 1.54) is 17.0 Å². The largest absolute Gasteiger partial charge is 0.331 e. The Morgan fingerprint density at radius 1 is 1.18 bits per heavy atom. The van der Waals surface area contributed by atoms with Crippen molar-refractivity contribution >= 4 is 16.5 Å². The summed E-state index contributed by atoms with van der Waals surface area (Å²) in [5, 5.41) is 0. The van der Waals surface area contributed by atoms with Crippen LogP contribution in [-0.2, 0) is 16.9 Å². The minimum absolute atomic E-state index is 0.166. The van der Waals surface area contributed by atoms with E-state index in [0.29, 0.717) is 19.4 Å². The number of likely N-dealkylation sites (tertiary alicyclic amines) is 1. The molecule has 0 aromatic heterocycles. The van der Waals surface area contributed by atoms with Crippen molar-refractivity contribution in [2.45, 2.75) is 24.9 Å². The van der Waals surface area contributed by atoms with Gasteiger partial charge in [-0.25, -0.2) is 9.18 Å². The molecule has 0 spiro atoms. The van der Waals surface area contributed by atoms with E-state index in [9.17, 15) is 17.6 Å². The summed E-state index contributed by atoms with van der Waals surface area (Å²) in [4.78, 5) is 15.7. The zero-order chi connectivity index (χ0) is 20.3. The van der Waals surface area contributed by atoms with Gasteiger partial charge in [0.2, 0.25) is 0 Å². The van der Waals surface area contributed by atoms with E-state index in [-0.39, 0.29) is 17.9 Å². The topological polar surface area (TPSA) is 70.1 Å². The maximum absolute atomic E-state index is 13.5. The van der Waals surface area contributed by atoms with Crippen molar-refractivity contribution in [3.8, 4) is 11.1 Å². The van der Waals surface area contributed by atoms with Gasteiger partial charge in [0.15, 0.2) is 0 Å². The molecule has 2 amide bonds. The lowest BCUT2D eigenvalue weighted by atomic mass is 9.97. The summed E-state index contributed by atoms with van der Waals surface area (Å²) in [5.41, 5.74) is 2.56. The average Bonchev–Trinajstić information content (AvgIpc) is 3.02. The number of urea groups is 1. The lowest BCUT2D eigenvalue weighted by Gasteiger charge is -2.29. The van der Waals surface area contributed by atoms with E-state index < -0.39 is 16.5 Å². The van der Waals surface area contributed by atoms with Crippen LogP contribution >= 0.6 is 0 Å². The second kappa shape index (κ2) is 8.52. The van der Waals surface area contributed by atoms with E-state index in [2.05, 4.69) is 4.36 Å². The molecule has 2 aromatic rings. The second-order valence-corrected chi connectivity index (χ2v) is 7.68. The van der Waals surface area contributed by atoms with E-state index >= 15 is 0 Å². The number of halogens is 1. The molecule has 1 saturated heterocycles. The molecule has 3 rings (SSSR count). The molecule has 8 heteroatoms. The molecule has 1 heterocycles. The molecule has 0 N–H and O–H groups in total. The molecular weight excluding hydrogens is 381 g/mol. The number of carbonyl (C=O) groups excluding carboxylic acids is 1. The van der Waals surface area contributed by atoms with Crippen LogP contribution in [0.3, 0.4) is 0 Å². The van der Waals surface area contributed by atoms with Crippen LogP contribution < -0.4 is 0 Å². The fourth-order valence-corrected chi connectivity index (χ4v) is 4.07. The van der Waals surface area contributed by atoms with Crippen molar-refractivity contribution in [1.29, 1.82) is 0 Å². The standard InChI is InChI=1S/C20H22FN3O3S/c1-23(2)20(25)24-10-9-18(22-28(26)27)19(24)12-14-5-3-6-15(11-14)16-7-4-8-17(21)13-16/h3-8,11,13,18-19H,9-10,12H2,1-2H3/t18-,19-/m0/s1. The monoisotopic (exact) mass is 403 g/mol. The molecule has 1 aliphatic rings. The Bertz CT molecular complexity index is 999. The molecule has 148 valence electrons. The van der Waals surface area contributed by atoms with Gasteiger partial charge < -0.3 is 9.80 Å². The SMILES string of the molecule is CN(C)C(=O)N1CC[C@H](N=S(=O)=O)[C@@H]1Cc1cccc(-c2cccc(F)c2)c1. The third-order valence-corrected chi connectivity index (χ3v) is 5.33. The first kappa shape index (κ1) is 20.0. The van der Waals surface area contributed by atoms with Crippen LogP contribution in [0.15, 0.2) is 52.9 Å². The Morgan fingerprint density at radius 3 is 2.50 bits per heavy atom. The molecule has 2 aromatic carbocycles. The van der Waals surface area contributed by atoms with Crippen LogP contribution in [0.5, 0.6) is 0 Å². The van der Waals surface area contributed by atoms with Crippen LogP contribution in [0.25, 0.3) is 11.1 Å². The third-order valence-electron chi connectivity index (χ3n) is 4.89. The number of amides is 2. The van der Waals surface area contributed by atoms with Gasteiger partial charge in [-0.3, -0.25) is 0 Å². The predicted molar refractivity (Wildman–Crippen MR) is 105 cm³/mol. The minimum Gasteiger partial charge on any atom is -0.331 e. The highest BCUT2D eigenvalue weighted by Gasteiger charge is 2.38. The number of nitrogens with zero attached hydrogens (tertiary/aromatic N) is 3. The zero-order valence-electron chi connectivity index (χ0n) is 15.7. The summed E-state index contributed by atoms with van der Waals surface area (Å²) in [7, 11) is 0.806. The smallest absolute Gasteiger partial charge is 0.319 e. The molecule has 0 unspecified atom stereocenters. The molecule has 6 nitrogen and oxygen atoms in total.